The first kappa shape index (κ1) is 13.5. The van der Waals surface area contributed by atoms with Crippen LogP contribution in [0.1, 0.15) is 5.82 Å². The molecule has 4 N–H and O–H groups in total. The Morgan fingerprint density at radius 2 is 1.81 bits per heavy atom. The van der Waals surface area contributed by atoms with E-state index in [0.717, 1.165) is 6.33 Å². The summed E-state index contributed by atoms with van der Waals surface area (Å²) < 4.78 is 23.1. The molecule has 0 spiro atoms. The Hall–Kier alpha value is -0.560. The Bertz CT molecular complexity index is 438. The smallest absolute Gasteiger partial charge is 0.324 e. The predicted molar refractivity (Wildman–Crippen MR) is 52.6 cm³/mol. The summed E-state index contributed by atoms with van der Waals surface area (Å²) in [6.45, 7) is 0. The van der Waals surface area contributed by atoms with Gasteiger partial charge in [-0.05, 0) is 0 Å². The van der Waals surface area contributed by atoms with Gasteiger partial charge in [-0.15, -0.1) is 0 Å². The molecule has 92 valence electrons. The van der Waals surface area contributed by atoms with Crippen molar-refractivity contribution in [3.8, 4) is 0 Å². The van der Waals surface area contributed by atoms with Crippen LogP contribution in [0, 0.1) is 0 Å². The summed E-state index contributed by atoms with van der Waals surface area (Å²) in [5, 5.41) is 1.55. The van der Waals surface area contributed by atoms with Crippen molar-refractivity contribution in [2.75, 3.05) is 0 Å². The summed E-state index contributed by atoms with van der Waals surface area (Å²) in [5.74, 6) is 0.0941. The van der Waals surface area contributed by atoms with E-state index in [4.69, 9.17) is 19.6 Å². The molecule has 1 heterocycles. The molecule has 0 aliphatic heterocycles. The Morgan fingerprint density at radius 3 is 2.12 bits per heavy atom. The SMILES string of the molecule is Cn1ncnc1CC(P(=O)(O)O)P(=O)(O)O. The van der Waals surface area contributed by atoms with Gasteiger partial charge in [0.2, 0.25) is 0 Å². The zero-order valence-electron chi connectivity index (χ0n) is 8.20. The predicted octanol–water partition coefficient (Wildman–Crippen LogP) is -0.961. The molecule has 0 bridgehead atoms. The van der Waals surface area contributed by atoms with E-state index in [1.165, 1.54) is 11.7 Å². The lowest BCUT2D eigenvalue weighted by molar-refractivity contribution is 0.337. The maximum atomic E-state index is 11.0. The van der Waals surface area contributed by atoms with Crippen LogP contribution in [0.4, 0.5) is 0 Å². The topological polar surface area (TPSA) is 146 Å². The van der Waals surface area contributed by atoms with Gasteiger partial charge in [0.15, 0.2) is 5.40 Å². The maximum Gasteiger partial charge on any atom is 0.341 e. The van der Waals surface area contributed by atoms with E-state index in [2.05, 4.69) is 10.1 Å². The zero-order chi connectivity index (χ0) is 12.6. The van der Waals surface area contributed by atoms with Crippen molar-refractivity contribution in [3.63, 3.8) is 0 Å². The minimum atomic E-state index is -4.90. The number of aromatic nitrogens is 3. The molecular weight excluding hydrogens is 260 g/mol. The Balaban J connectivity index is 3.03. The van der Waals surface area contributed by atoms with Crippen LogP contribution >= 0.6 is 15.2 Å². The lowest BCUT2D eigenvalue weighted by Gasteiger charge is -2.18. The van der Waals surface area contributed by atoms with Gasteiger partial charge >= 0.3 is 15.2 Å². The van der Waals surface area contributed by atoms with Crippen LogP contribution in [0.2, 0.25) is 0 Å². The average Bonchev–Trinajstić information content (AvgIpc) is 2.42. The van der Waals surface area contributed by atoms with Crippen molar-refractivity contribution < 1.29 is 28.7 Å². The van der Waals surface area contributed by atoms with Crippen molar-refractivity contribution in [3.05, 3.63) is 12.2 Å². The second-order valence-electron chi connectivity index (χ2n) is 3.16. The van der Waals surface area contributed by atoms with Crippen LogP contribution in [0.15, 0.2) is 6.33 Å². The lowest BCUT2D eigenvalue weighted by Crippen LogP contribution is -2.15. The third-order valence-electron chi connectivity index (χ3n) is 1.95. The molecule has 16 heavy (non-hydrogen) atoms. The average molecular weight is 271 g/mol. The molecule has 0 aliphatic carbocycles. The molecule has 11 heteroatoms. The molecule has 0 fully saturated rings. The third kappa shape index (κ3) is 3.21. The minimum absolute atomic E-state index is 0.0941. The molecule has 1 rings (SSSR count). The molecule has 1 aromatic heterocycles. The highest BCUT2D eigenvalue weighted by Gasteiger charge is 2.44. The summed E-state index contributed by atoms with van der Waals surface area (Å²) in [6.07, 6.45) is 0.594. The third-order valence-corrected chi connectivity index (χ3v) is 5.67. The van der Waals surface area contributed by atoms with Crippen LogP contribution in [0.3, 0.4) is 0 Å². The van der Waals surface area contributed by atoms with E-state index >= 15 is 0 Å². The fraction of sp³-hybridized carbons (Fsp3) is 0.600. The van der Waals surface area contributed by atoms with Gasteiger partial charge in [0.05, 0.1) is 0 Å². The summed E-state index contributed by atoms with van der Waals surface area (Å²) in [4.78, 5) is 39.1. The molecule has 0 unspecified atom stereocenters. The van der Waals surface area contributed by atoms with Crippen LogP contribution in [-0.4, -0.2) is 39.7 Å². The summed E-state index contributed by atoms with van der Waals surface area (Å²) in [5.41, 5.74) is 0. The molecule has 0 aromatic carbocycles. The van der Waals surface area contributed by atoms with E-state index in [9.17, 15) is 9.13 Å². The van der Waals surface area contributed by atoms with Gasteiger partial charge in [-0.25, -0.2) is 4.98 Å². The fourth-order valence-electron chi connectivity index (χ4n) is 1.10. The Labute approximate surface area is 90.5 Å². The van der Waals surface area contributed by atoms with E-state index in [1.807, 2.05) is 0 Å². The molecule has 0 atom stereocenters. The quantitative estimate of drug-likeness (QED) is 0.512. The first-order valence-electron chi connectivity index (χ1n) is 4.05. The van der Waals surface area contributed by atoms with E-state index < -0.39 is 27.0 Å². The maximum absolute atomic E-state index is 11.0. The van der Waals surface area contributed by atoms with Gasteiger partial charge in [-0.3, -0.25) is 13.8 Å². The Morgan fingerprint density at radius 1 is 1.31 bits per heavy atom. The van der Waals surface area contributed by atoms with Crippen LogP contribution in [0.5, 0.6) is 0 Å². The van der Waals surface area contributed by atoms with Crippen molar-refractivity contribution in [2.45, 2.75) is 11.8 Å². The van der Waals surface area contributed by atoms with E-state index in [0.29, 0.717) is 0 Å². The van der Waals surface area contributed by atoms with Crippen LogP contribution < -0.4 is 0 Å². The standard InChI is InChI=1S/C5H11N3O6P2/c1-8-4(6-3-7-8)2-5(15(9,10)11)16(12,13)14/h3,5H,2H2,1H3,(H2,9,10,11)(H2,12,13,14). The molecule has 0 radical (unpaired) electrons. The number of hydrogen-bond acceptors (Lipinski definition) is 4. The molecule has 9 nitrogen and oxygen atoms in total. The van der Waals surface area contributed by atoms with Gasteiger partial charge < -0.3 is 19.6 Å². The van der Waals surface area contributed by atoms with Gasteiger partial charge in [0.1, 0.15) is 12.2 Å². The highest BCUT2D eigenvalue weighted by molar-refractivity contribution is 7.70. The van der Waals surface area contributed by atoms with Crippen molar-refractivity contribution in [2.24, 2.45) is 7.05 Å². The van der Waals surface area contributed by atoms with E-state index in [-0.39, 0.29) is 5.82 Å². The minimum Gasteiger partial charge on any atom is -0.324 e. The molecule has 0 saturated heterocycles. The number of aryl methyl sites for hydroxylation is 1. The van der Waals surface area contributed by atoms with Gasteiger partial charge in [0, 0.05) is 13.5 Å². The molecule has 0 aliphatic rings. The summed E-state index contributed by atoms with van der Waals surface area (Å²) in [7, 11) is -8.35. The first-order valence-corrected chi connectivity index (χ1v) is 7.42. The number of nitrogens with zero attached hydrogens (tertiary/aromatic N) is 3. The normalized spacial score (nSPS) is 13.4. The van der Waals surface area contributed by atoms with E-state index in [1.54, 1.807) is 0 Å². The highest BCUT2D eigenvalue weighted by Crippen LogP contribution is 2.60. The van der Waals surface area contributed by atoms with Crippen molar-refractivity contribution >= 4 is 15.2 Å². The number of rotatable bonds is 4. The van der Waals surface area contributed by atoms with Gasteiger partial charge in [-0.2, -0.15) is 5.10 Å². The largest absolute Gasteiger partial charge is 0.341 e. The molecule has 1 aromatic rings. The second kappa shape index (κ2) is 4.37. The first-order chi connectivity index (χ1) is 7.12. The zero-order valence-corrected chi connectivity index (χ0v) is 9.99. The summed E-state index contributed by atoms with van der Waals surface area (Å²) >= 11 is 0. The number of hydrogen-bond donors (Lipinski definition) is 4. The summed E-state index contributed by atoms with van der Waals surface area (Å²) in [6, 6.07) is 0. The van der Waals surface area contributed by atoms with Gasteiger partial charge in [0.25, 0.3) is 0 Å². The lowest BCUT2D eigenvalue weighted by atomic mass is 10.4. The van der Waals surface area contributed by atoms with Crippen molar-refractivity contribution in [1.82, 2.24) is 14.8 Å². The van der Waals surface area contributed by atoms with Crippen LogP contribution in [-0.2, 0) is 22.6 Å². The van der Waals surface area contributed by atoms with Gasteiger partial charge in [-0.1, -0.05) is 0 Å². The second-order valence-corrected chi connectivity index (χ2v) is 7.17. The molecular formula is C5H11N3O6P2. The monoisotopic (exact) mass is 271 g/mol. The highest BCUT2D eigenvalue weighted by atomic mass is 31.2. The molecule has 0 amide bonds. The van der Waals surface area contributed by atoms with Crippen molar-refractivity contribution in [1.29, 1.82) is 0 Å². The fourth-order valence-corrected chi connectivity index (χ4v) is 3.47. The molecule has 0 saturated carbocycles. The Kier molecular flexibility index (Phi) is 3.69. The van der Waals surface area contributed by atoms with Crippen LogP contribution in [0.25, 0.3) is 0 Å².